The Bertz CT molecular complexity index is 98.9. The van der Waals surface area contributed by atoms with Crippen molar-refractivity contribution in [3.63, 3.8) is 0 Å². The number of rotatable bonds is 0. The van der Waals surface area contributed by atoms with E-state index in [0.29, 0.717) is 0 Å². The van der Waals surface area contributed by atoms with Crippen LogP contribution in [0.5, 0.6) is 0 Å². The highest BCUT2D eigenvalue weighted by molar-refractivity contribution is 4.51. The molecule has 6 heteroatoms. The van der Waals surface area contributed by atoms with Gasteiger partial charge in [0.2, 0.25) is 0 Å². The summed E-state index contributed by atoms with van der Waals surface area (Å²) in [6.07, 6.45) is 2.94. The molecule has 0 unspecified atom stereocenters. The van der Waals surface area contributed by atoms with E-state index >= 15 is 0 Å². The topological polar surface area (TPSA) is 88.6 Å². The fourth-order valence-corrected chi connectivity index (χ4v) is 0.136. The van der Waals surface area contributed by atoms with Gasteiger partial charge in [0.25, 0.3) is 0 Å². The Balaban J connectivity index is 0.000000145. The molecule has 1 rings (SSSR count). The first-order valence-electron chi connectivity index (χ1n) is 1.60. The first-order chi connectivity index (χ1) is 3.91. The third-order valence-corrected chi connectivity index (χ3v) is 0.283. The minimum atomic E-state index is 1.25. The van der Waals surface area contributed by atoms with E-state index < -0.39 is 0 Å². The fourth-order valence-electron chi connectivity index (χ4n) is 0.136. The standard InChI is InChI=1S/C2H2N2O.HNO2/c1-2-4-5-3-1;2-1-3/h1-2H;(H,2,3). The summed E-state index contributed by atoms with van der Waals surface area (Å²) in [7, 11) is 0. The first-order valence-corrected chi connectivity index (χ1v) is 1.60. The van der Waals surface area contributed by atoms with E-state index in [0.717, 1.165) is 0 Å². The summed E-state index contributed by atoms with van der Waals surface area (Å²) in [6, 6.07) is 0. The Morgan fingerprint density at radius 3 is 2.00 bits per heavy atom. The molecule has 0 aliphatic heterocycles. The van der Waals surface area contributed by atoms with Crippen LogP contribution in [-0.2, 0) is 0 Å². The van der Waals surface area contributed by atoms with Gasteiger partial charge in [-0.25, -0.2) is 4.63 Å². The highest BCUT2D eigenvalue weighted by Gasteiger charge is 1.61. The van der Waals surface area contributed by atoms with Crippen LogP contribution in [0.25, 0.3) is 0 Å². The molecule has 0 saturated carbocycles. The van der Waals surface area contributed by atoms with Crippen LogP contribution in [0.1, 0.15) is 0 Å². The second kappa shape index (κ2) is 5.54. The van der Waals surface area contributed by atoms with Gasteiger partial charge in [0.15, 0.2) is 5.34 Å². The monoisotopic (exact) mass is 117 g/mol. The molecule has 0 spiro atoms. The zero-order chi connectivity index (χ0) is 6.24. The Hall–Kier alpha value is -1.46. The molecule has 1 N–H and O–H groups in total. The predicted molar refractivity (Wildman–Crippen MR) is 21.9 cm³/mol. The van der Waals surface area contributed by atoms with Gasteiger partial charge in [-0.05, 0) is 0 Å². The van der Waals surface area contributed by atoms with Crippen molar-refractivity contribution in [2.45, 2.75) is 0 Å². The normalized spacial score (nSPS) is 6.50. The Morgan fingerprint density at radius 2 is 1.88 bits per heavy atom. The van der Waals surface area contributed by atoms with Gasteiger partial charge >= 0.3 is 0 Å². The van der Waals surface area contributed by atoms with Gasteiger partial charge < -0.3 is 5.21 Å². The van der Waals surface area contributed by atoms with E-state index in [1.165, 1.54) is 17.7 Å². The highest BCUT2D eigenvalue weighted by atomic mass is 16.6. The minimum Gasteiger partial charge on any atom is -0.379 e. The molecule has 0 radical (unpaired) electrons. The fraction of sp³-hybridized carbons (Fsp3) is 0. The minimum absolute atomic E-state index is 1.25. The van der Waals surface area contributed by atoms with Crippen LogP contribution in [0.15, 0.2) is 22.4 Å². The molecule has 0 aliphatic carbocycles. The van der Waals surface area contributed by atoms with Gasteiger partial charge in [0, 0.05) is 0 Å². The molecular formula is C2H3N3O3. The lowest BCUT2D eigenvalue weighted by atomic mass is 11.0. The Kier molecular flexibility index (Phi) is 4.53. The maximum absolute atomic E-state index is 8.11. The zero-order valence-corrected chi connectivity index (χ0v) is 3.76. The average molecular weight is 117 g/mol. The van der Waals surface area contributed by atoms with Crippen molar-refractivity contribution >= 4 is 0 Å². The summed E-state index contributed by atoms with van der Waals surface area (Å²) < 4.78 is 4.08. The van der Waals surface area contributed by atoms with E-state index in [2.05, 4.69) is 14.9 Å². The number of nitrogens with zero attached hydrogens (tertiary/aromatic N) is 3. The first kappa shape index (κ1) is 6.54. The third-order valence-electron chi connectivity index (χ3n) is 0.283. The van der Waals surface area contributed by atoms with Crippen molar-refractivity contribution in [2.24, 2.45) is 5.34 Å². The van der Waals surface area contributed by atoms with E-state index in [9.17, 15) is 0 Å². The van der Waals surface area contributed by atoms with Crippen LogP contribution in [-0.4, -0.2) is 15.5 Å². The highest BCUT2D eigenvalue weighted by Crippen LogP contribution is 1.62. The molecule has 1 heterocycles. The third kappa shape index (κ3) is 4.54. The summed E-state index contributed by atoms with van der Waals surface area (Å²) in [4.78, 5) is 8.11. The second-order valence-electron chi connectivity index (χ2n) is 0.672. The predicted octanol–water partition coefficient (Wildman–Crippen LogP) is 0.212. The summed E-state index contributed by atoms with van der Waals surface area (Å²) in [6.45, 7) is 0. The lowest BCUT2D eigenvalue weighted by Gasteiger charge is -1.45. The van der Waals surface area contributed by atoms with Crippen molar-refractivity contribution in [2.75, 3.05) is 0 Å². The molecular weight excluding hydrogens is 114 g/mol. The van der Waals surface area contributed by atoms with Crippen molar-refractivity contribution in [1.29, 1.82) is 0 Å². The molecule has 0 aromatic carbocycles. The lowest BCUT2D eigenvalue weighted by Crippen LogP contribution is -1.44. The maximum Gasteiger partial charge on any atom is 0.152 e. The van der Waals surface area contributed by atoms with Crippen LogP contribution >= 0.6 is 0 Å². The second-order valence-corrected chi connectivity index (χ2v) is 0.672. The van der Waals surface area contributed by atoms with Gasteiger partial charge in [-0.15, -0.1) is 4.91 Å². The van der Waals surface area contributed by atoms with E-state index in [1.54, 1.807) is 0 Å². The molecule has 0 amide bonds. The Morgan fingerprint density at radius 1 is 1.50 bits per heavy atom. The molecule has 0 saturated heterocycles. The molecule has 44 valence electrons. The van der Waals surface area contributed by atoms with Gasteiger partial charge in [-0.2, -0.15) is 0 Å². The van der Waals surface area contributed by atoms with Crippen molar-refractivity contribution in [3.8, 4) is 0 Å². The van der Waals surface area contributed by atoms with Gasteiger partial charge in [-0.3, -0.25) is 0 Å². The molecule has 0 aliphatic rings. The van der Waals surface area contributed by atoms with Crippen LogP contribution in [0, 0.1) is 4.91 Å². The van der Waals surface area contributed by atoms with E-state index in [4.69, 9.17) is 10.1 Å². The van der Waals surface area contributed by atoms with E-state index in [1.807, 2.05) is 0 Å². The van der Waals surface area contributed by atoms with Crippen molar-refractivity contribution in [3.05, 3.63) is 17.3 Å². The maximum atomic E-state index is 8.11. The number of hydrogen-bond acceptors (Lipinski definition) is 5. The van der Waals surface area contributed by atoms with Crippen LogP contribution in [0.4, 0.5) is 0 Å². The van der Waals surface area contributed by atoms with E-state index in [-0.39, 0.29) is 0 Å². The van der Waals surface area contributed by atoms with Gasteiger partial charge in [-0.1, -0.05) is 10.3 Å². The summed E-state index contributed by atoms with van der Waals surface area (Å²) in [5.74, 6) is 0. The largest absolute Gasteiger partial charge is 0.379 e. The molecule has 6 nitrogen and oxygen atoms in total. The summed E-state index contributed by atoms with van der Waals surface area (Å²) >= 11 is 0. The molecule has 8 heavy (non-hydrogen) atoms. The van der Waals surface area contributed by atoms with Crippen molar-refractivity contribution in [1.82, 2.24) is 10.3 Å². The lowest BCUT2D eigenvalue weighted by molar-refractivity contribution is 0.307. The number of hydrogen-bond donors (Lipinski definition) is 1. The van der Waals surface area contributed by atoms with Gasteiger partial charge in [0.1, 0.15) is 0 Å². The molecule has 0 bridgehead atoms. The zero-order valence-electron chi connectivity index (χ0n) is 3.76. The summed E-state index contributed by atoms with van der Waals surface area (Å²) in [5, 5.41) is 14.4. The quantitative estimate of drug-likeness (QED) is 0.387. The Labute approximate surface area is 44.0 Å². The molecule has 0 atom stereocenters. The molecule has 0 fully saturated rings. The van der Waals surface area contributed by atoms with Crippen LogP contribution < -0.4 is 0 Å². The summed E-state index contributed by atoms with van der Waals surface area (Å²) in [5.41, 5.74) is 0. The van der Waals surface area contributed by atoms with Crippen LogP contribution in [0.2, 0.25) is 0 Å². The smallest absolute Gasteiger partial charge is 0.152 e. The SMILES string of the molecule is O=NO.c1cnon1. The van der Waals surface area contributed by atoms with Crippen molar-refractivity contribution < 1.29 is 9.84 Å². The average Bonchev–Trinajstić information content (AvgIpc) is 2.17. The number of aromatic nitrogens is 2. The molecule has 1 aromatic heterocycles. The molecule has 1 aromatic rings. The van der Waals surface area contributed by atoms with Crippen LogP contribution in [0.3, 0.4) is 0 Å². The van der Waals surface area contributed by atoms with Gasteiger partial charge in [0.05, 0.1) is 12.4 Å².